The molecule has 2 saturated heterocycles. The number of carbonyl (C=O) groups is 2. The molecule has 1 unspecified atom stereocenters. The second-order valence-electron chi connectivity index (χ2n) is 7.32. The van der Waals surface area contributed by atoms with Crippen LogP contribution in [0.25, 0.3) is 0 Å². The van der Waals surface area contributed by atoms with Gasteiger partial charge in [-0.3, -0.25) is 9.59 Å². The second kappa shape index (κ2) is 6.55. The van der Waals surface area contributed by atoms with Gasteiger partial charge in [-0.25, -0.2) is 0 Å². The van der Waals surface area contributed by atoms with Crippen molar-refractivity contribution in [1.82, 2.24) is 9.80 Å². The summed E-state index contributed by atoms with van der Waals surface area (Å²) in [5.41, 5.74) is 1.64. The molecule has 0 aromatic heterocycles. The Morgan fingerprint density at radius 2 is 1.96 bits per heavy atom. The van der Waals surface area contributed by atoms with Crippen molar-refractivity contribution in [3.05, 3.63) is 35.4 Å². The molecule has 2 aliphatic rings. The number of hydrogen-bond donors (Lipinski definition) is 0. The van der Waals surface area contributed by atoms with Crippen molar-refractivity contribution >= 4 is 11.8 Å². The predicted molar refractivity (Wildman–Crippen MR) is 91.8 cm³/mol. The maximum Gasteiger partial charge on any atom is 0.253 e. The fourth-order valence-corrected chi connectivity index (χ4v) is 4.02. The third-order valence-corrected chi connectivity index (χ3v) is 5.43. The van der Waals surface area contributed by atoms with E-state index in [0.29, 0.717) is 31.9 Å². The van der Waals surface area contributed by atoms with Crippen molar-refractivity contribution in [2.45, 2.75) is 19.8 Å². The smallest absolute Gasteiger partial charge is 0.253 e. The number of ether oxygens (including phenoxy) is 1. The number of carbonyl (C=O) groups excluding carboxylic acids is 2. The molecule has 0 radical (unpaired) electrons. The Morgan fingerprint density at radius 1 is 1.25 bits per heavy atom. The van der Waals surface area contributed by atoms with Crippen LogP contribution in [0, 0.1) is 18.3 Å². The first-order chi connectivity index (χ1) is 11.4. The summed E-state index contributed by atoms with van der Waals surface area (Å²) >= 11 is 0. The molecule has 2 fully saturated rings. The summed E-state index contributed by atoms with van der Waals surface area (Å²) in [6.45, 7) is 4.48. The molecule has 1 aromatic carbocycles. The Bertz CT molecular complexity index is 635. The van der Waals surface area contributed by atoms with E-state index >= 15 is 0 Å². The lowest BCUT2D eigenvalue weighted by Gasteiger charge is -2.37. The summed E-state index contributed by atoms with van der Waals surface area (Å²) in [4.78, 5) is 29.2. The first kappa shape index (κ1) is 17.0. The molecule has 0 bridgehead atoms. The highest BCUT2D eigenvalue weighted by atomic mass is 16.5. The van der Waals surface area contributed by atoms with E-state index in [9.17, 15) is 9.59 Å². The number of hydrogen-bond acceptors (Lipinski definition) is 3. The van der Waals surface area contributed by atoms with E-state index in [1.54, 1.807) is 19.0 Å². The van der Waals surface area contributed by atoms with E-state index < -0.39 is 0 Å². The number of aryl methyl sites for hydroxylation is 1. The van der Waals surface area contributed by atoms with Crippen LogP contribution in [-0.2, 0) is 9.53 Å². The number of likely N-dealkylation sites (tertiary alicyclic amines) is 1. The molecule has 3 rings (SSSR count). The van der Waals surface area contributed by atoms with Gasteiger partial charge in [0.15, 0.2) is 0 Å². The van der Waals surface area contributed by atoms with E-state index in [1.165, 1.54) is 0 Å². The average molecular weight is 330 g/mol. The van der Waals surface area contributed by atoms with Crippen LogP contribution in [0.15, 0.2) is 24.3 Å². The largest absolute Gasteiger partial charge is 0.381 e. The Kier molecular flexibility index (Phi) is 4.63. The molecule has 2 heterocycles. The van der Waals surface area contributed by atoms with E-state index in [1.807, 2.05) is 36.1 Å². The maximum atomic E-state index is 12.9. The minimum Gasteiger partial charge on any atom is -0.381 e. The molecule has 0 saturated carbocycles. The first-order valence-electron chi connectivity index (χ1n) is 8.58. The monoisotopic (exact) mass is 330 g/mol. The van der Waals surface area contributed by atoms with Crippen LogP contribution in [0.2, 0.25) is 0 Å². The van der Waals surface area contributed by atoms with Gasteiger partial charge in [0.25, 0.3) is 5.91 Å². The van der Waals surface area contributed by atoms with Crippen molar-refractivity contribution in [3.63, 3.8) is 0 Å². The zero-order valence-corrected chi connectivity index (χ0v) is 14.7. The standard InChI is InChI=1S/C19H26N2O3/c1-14-5-4-6-15(11-14)17(22)21-12-16(18(23)20(2)3)19(13-21)7-9-24-10-8-19/h4-6,11,16H,7-10,12-13H2,1-3H3. The van der Waals surface area contributed by atoms with Crippen LogP contribution in [0.5, 0.6) is 0 Å². The zero-order valence-electron chi connectivity index (χ0n) is 14.7. The number of rotatable bonds is 2. The van der Waals surface area contributed by atoms with Crippen LogP contribution < -0.4 is 0 Å². The highest BCUT2D eigenvalue weighted by molar-refractivity contribution is 5.95. The van der Waals surface area contributed by atoms with Gasteiger partial charge < -0.3 is 14.5 Å². The topological polar surface area (TPSA) is 49.9 Å². The summed E-state index contributed by atoms with van der Waals surface area (Å²) < 4.78 is 5.51. The van der Waals surface area contributed by atoms with Crippen LogP contribution in [0.1, 0.15) is 28.8 Å². The molecule has 2 aliphatic heterocycles. The minimum atomic E-state index is -0.140. The second-order valence-corrected chi connectivity index (χ2v) is 7.32. The third kappa shape index (κ3) is 3.05. The van der Waals surface area contributed by atoms with Gasteiger partial charge in [0.2, 0.25) is 5.91 Å². The molecule has 5 nitrogen and oxygen atoms in total. The number of amides is 2. The van der Waals surface area contributed by atoms with Crippen molar-refractivity contribution in [1.29, 1.82) is 0 Å². The maximum absolute atomic E-state index is 12.9. The molecule has 1 spiro atoms. The molecule has 130 valence electrons. The van der Waals surface area contributed by atoms with E-state index in [2.05, 4.69) is 0 Å². The average Bonchev–Trinajstić information content (AvgIpc) is 2.92. The Balaban J connectivity index is 1.86. The highest BCUT2D eigenvalue weighted by Crippen LogP contribution is 2.45. The van der Waals surface area contributed by atoms with Crippen LogP contribution in [0.3, 0.4) is 0 Å². The normalized spacial score (nSPS) is 22.6. The number of benzene rings is 1. The Hall–Kier alpha value is -1.88. The lowest BCUT2D eigenvalue weighted by Crippen LogP contribution is -2.44. The molecular weight excluding hydrogens is 304 g/mol. The molecule has 0 N–H and O–H groups in total. The van der Waals surface area contributed by atoms with Gasteiger partial charge in [-0.15, -0.1) is 0 Å². The van der Waals surface area contributed by atoms with Gasteiger partial charge in [-0.2, -0.15) is 0 Å². The predicted octanol–water partition coefficient (Wildman–Crippen LogP) is 1.95. The van der Waals surface area contributed by atoms with Gasteiger partial charge in [0.1, 0.15) is 0 Å². The van der Waals surface area contributed by atoms with E-state index in [4.69, 9.17) is 4.74 Å². The van der Waals surface area contributed by atoms with Crippen molar-refractivity contribution in [2.24, 2.45) is 11.3 Å². The summed E-state index contributed by atoms with van der Waals surface area (Å²) in [7, 11) is 3.58. The summed E-state index contributed by atoms with van der Waals surface area (Å²) in [6, 6.07) is 7.66. The van der Waals surface area contributed by atoms with Crippen molar-refractivity contribution in [3.8, 4) is 0 Å². The lowest BCUT2D eigenvalue weighted by atomic mass is 9.71. The van der Waals surface area contributed by atoms with Crippen molar-refractivity contribution in [2.75, 3.05) is 40.4 Å². The van der Waals surface area contributed by atoms with Crippen molar-refractivity contribution < 1.29 is 14.3 Å². The minimum absolute atomic E-state index is 0.0265. The fraction of sp³-hybridized carbons (Fsp3) is 0.579. The molecule has 24 heavy (non-hydrogen) atoms. The fourth-order valence-electron chi connectivity index (χ4n) is 4.02. The summed E-state index contributed by atoms with van der Waals surface area (Å²) in [6.07, 6.45) is 1.68. The molecule has 2 amide bonds. The van der Waals surface area contributed by atoms with Gasteiger partial charge >= 0.3 is 0 Å². The van der Waals surface area contributed by atoms with E-state index in [-0.39, 0.29) is 23.1 Å². The van der Waals surface area contributed by atoms with Gasteiger partial charge in [0, 0.05) is 51.4 Å². The van der Waals surface area contributed by atoms with E-state index in [0.717, 1.165) is 18.4 Å². The molecule has 5 heteroatoms. The molecule has 1 aromatic rings. The quantitative estimate of drug-likeness (QED) is 0.833. The lowest BCUT2D eigenvalue weighted by molar-refractivity contribution is -0.138. The SMILES string of the molecule is Cc1cccc(C(=O)N2CC(C(=O)N(C)C)C3(CCOCC3)C2)c1. The van der Waals surface area contributed by atoms with Gasteiger partial charge in [0.05, 0.1) is 5.92 Å². The van der Waals surface area contributed by atoms with Crippen LogP contribution in [-0.4, -0.2) is 62.0 Å². The number of nitrogens with zero attached hydrogens (tertiary/aromatic N) is 2. The molecule has 1 atom stereocenters. The highest BCUT2D eigenvalue weighted by Gasteiger charge is 2.52. The third-order valence-electron chi connectivity index (χ3n) is 5.43. The van der Waals surface area contributed by atoms with Gasteiger partial charge in [-0.1, -0.05) is 17.7 Å². The first-order valence-corrected chi connectivity index (χ1v) is 8.58. The Labute approximate surface area is 143 Å². The summed E-state index contributed by atoms with van der Waals surface area (Å²) in [5.74, 6) is 0.0141. The van der Waals surface area contributed by atoms with Gasteiger partial charge in [-0.05, 0) is 31.9 Å². The summed E-state index contributed by atoms with van der Waals surface area (Å²) in [5, 5.41) is 0. The molecule has 0 aliphatic carbocycles. The van der Waals surface area contributed by atoms with Crippen LogP contribution >= 0.6 is 0 Å². The Morgan fingerprint density at radius 3 is 2.58 bits per heavy atom. The molecular formula is C19H26N2O3. The van der Waals surface area contributed by atoms with Crippen LogP contribution in [0.4, 0.5) is 0 Å². The zero-order chi connectivity index (χ0) is 17.3.